The first-order valence-electron chi connectivity index (χ1n) is 7.12. The fraction of sp³-hybridized carbons (Fsp3) is 0.643. The molecule has 0 aliphatic rings. The van der Waals surface area contributed by atoms with E-state index in [0.717, 1.165) is 4.57 Å². The molecule has 0 radical (unpaired) electrons. The van der Waals surface area contributed by atoms with E-state index in [1.807, 2.05) is 13.8 Å². The van der Waals surface area contributed by atoms with Gasteiger partial charge in [0.15, 0.2) is 0 Å². The van der Waals surface area contributed by atoms with Crippen LogP contribution in [0.25, 0.3) is 0 Å². The number of rotatable bonds is 5. The predicted molar refractivity (Wildman–Crippen MR) is 79.7 cm³/mol. The molecule has 0 aromatic carbocycles. The summed E-state index contributed by atoms with van der Waals surface area (Å²) in [6.07, 6.45) is 0. The predicted octanol–water partition coefficient (Wildman–Crippen LogP) is 0.795. The summed E-state index contributed by atoms with van der Waals surface area (Å²) in [5.41, 5.74) is -1.30. The second kappa shape index (κ2) is 6.60. The van der Waals surface area contributed by atoms with Crippen molar-refractivity contribution < 1.29 is 9.90 Å². The average Bonchev–Trinajstić information content (AvgIpc) is 2.38. The summed E-state index contributed by atoms with van der Waals surface area (Å²) < 4.78 is 0.942. The van der Waals surface area contributed by atoms with Crippen molar-refractivity contribution in [1.82, 2.24) is 14.5 Å². The number of nitrogens with zero attached hydrogens (tertiary/aromatic N) is 2. The summed E-state index contributed by atoms with van der Waals surface area (Å²) in [6.45, 7) is 9.69. The molecule has 1 aromatic rings. The summed E-state index contributed by atoms with van der Waals surface area (Å²) in [5.74, 6) is -0.984. The lowest BCUT2D eigenvalue weighted by Crippen LogP contribution is -2.42. The minimum atomic E-state index is -0.883. The van der Waals surface area contributed by atoms with Crippen molar-refractivity contribution in [2.75, 3.05) is 13.1 Å². The van der Waals surface area contributed by atoms with Crippen LogP contribution in [0.1, 0.15) is 52.1 Å². The van der Waals surface area contributed by atoms with Gasteiger partial charge in [-0.15, -0.1) is 0 Å². The molecule has 0 aliphatic carbocycles. The second-order valence-electron chi connectivity index (χ2n) is 5.21. The fourth-order valence-electron chi connectivity index (χ4n) is 2.34. The quantitative estimate of drug-likeness (QED) is 0.840. The normalized spacial score (nSPS) is 12.5. The lowest BCUT2D eigenvalue weighted by Gasteiger charge is -2.25. The Bertz CT molecular complexity index is 626. The van der Waals surface area contributed by atoms with Gasteiger partial charge in [-0.25, -0.2) is 4.79 Å². The van der Waals surface area contributed by atoms with Gasteiger partial charge in [-0.3, -0.25) is 19.1 Å². The van der Waals surface area contributed by atoms with Gasteiger partial charge in [0.2, 0.25) is 11.8 Å². The molecule has 7 nitrogen and oxygen atoms in total. The van der Waals surface area contributed by atoms with Crippen LogP contribution in [-0.2, 0) is 4.79 Å². The monoisotopic (exact) mass is 297 g/mol. The SMILES string of the molecule is CCN(CC)C(=O)C(C)n1c(O)c(C(C)C)c(=O)[nH]c1=O. The molecule has 1 aromatic heterocycles. The molecule has 118 valence electrons. The topological polar surface area (TPSA) is 95.4 Å². The van der Waals surface area contributed by atoms with E-state index in [-0.39, 0.29) is 17.4 Å². The number of hydrogen-bond acceptors (Lipinski definition) is 4. The maximum absolute atomic E-state index is 12.3. The molecule has 0 fully saturated rings. The molecule has 1 rings (SSSR count). The Balaban J connectivity index is 3.44. The van der Waals surface area contributed by atoms with Crippen LogP contribution in [0, 0.1) is 0 Å². The zero-order chi connectivity index (χ0) is 16.3. The van der Waals surface area contributed by atoms with E-state index in [4.69, 9.17) is 0 Å². The van der Waals surface area contributed by atoms with E-state index in [1.54, 1.807) is 18.7 Å². The number of amides is 1. The first kappa shape index (κ1) is 17.0. The van der Waals surface area contributed by atoms with Crippen LogP contribution in [0.5, 0.6) is 5.88 Å². The number of carbonyl (C=O) groups is 1. The van der Waals surface area contributed by atoms with Crippen molar-refractivity contribution in [3.63, 3.8) is 0 Å². The number of aromatic hydroxyl groups is 1. The summed E-state index contributed by atoms with van der Waals surface area (Å²) in [6, 6.07) is -0.883. The molecule has 0 bridgehead atoms. The largest absolute Gasteiger partial charge is 0.494 e. The highest BCUT2D eigenvalue weighted by molar-refractivity contribution is 5.80. The van der Waals surface area contributed by atoms with Gasteiger partial charge in [0, 0.05) is 13.1 Å². The van der Waals surface area contributed by atoms with Gasteiger partial charge in [-0.05, 0) is 26.7 Å². The lowest BCUT2D eigenvalue weighted by atomic mass is 10.1. The molecule has 0 saturated heterocycles. The van der Waals surface area contributed by atoms with E-state index in [9.17, 15) is 19.5 Å². The van der Waals surface area contributed by atoms with Gasteiger partial charge in [-0.1, -0.05) is 13.8 Å². The Morgan fingerprint density at radius 3 is 2.19 bits per heavy atom. The van der Waals surface area contributed by atoms with Crippen molar-refractivity contribution in [2.24, 2.45) is 0 Å². The number of carbonyl (C=O) groups excluding carboxylic acids is 1. The molecule has 0 aliphatic heterocycles. The third-order valence-electron chi connectivity index (χ3n) is 3.55. The highest BCUT2D eigenvalue weighted by Crippen LogP contribution is 2.23. The van der Waals surface area contributed by atoms with Crippen molar-refractivity contribution in [1.29, 1.82) is 0 Å². The summed E-state index contributed by atoms with van der Waals surface area (Å²) >= 11 is 0. The van der Waals surface area contributed by atoms with Gasteiger partial charge < -0.3 is 10.0 Å². The molecule has 1 heterocycles. The van der Waals surface area contributed by atoms with Crippen LogP contribution in [0.2, 0.25) is 0 Å². The third kappa shape index (κ3) is 3.17. The number of aromatic amines is 1. The first-order chi connectivity index (χ1) is 9.76. The Labute approximate surface area is 123 Å². The maximum Gasteiger partial charge on any atom is 0.331 e. The molecule has 1 unspecified atom stereocenters. The van der Waals surface area contributed by atoms with Crippen molar-refractivity contribution in [2.45, 2.75) is 46.6 Å². The summed E-state index contributed by atoms with van der Waals surface area (Å²) in [4.78, 5) is 39.8. The Kier molecular flexibility index (Phi) is 5.34. The number of hydrogen-bond donors (Lipinski definition) is 2. The lowest BCUT2D eigenvalue weighted by molar-refractivity contribution is -0.134. The van der Waals surface area contributed by atoms with Crippen LogP contribution < -0.4 is 11.2 Å². The van der Waals surface area contributed by atoms with E-state index >= 15 is 0 Å². The third-order valence-corrected chi connectivity index (χ3v) is 3.55. The van der Waals surface area contributed by atoms with Crippen LogP contribution in [-0.4, -0.2) is 38.6 Å². The molecule has 0 spiro atoms. The molecule has 21 heavy (non-hydrogen) atoms. The number of aromatic nitrogens is 2. The number of nitrogens with one attached hydrogen (secondary N) is 1. The molecule has 2 N–H and O–H groups in total. The van der Waals surface area contributed by atoms with Crippen LogP contribution in [0.15, 0.2) is 9.59 Å². The van der Waals surface area contributed by atoms with Crippen LogP contribution in [0.4, 0.5) is 0 Å². The zero-order valence-corrected chi connectivity index (χ0v) is 13.1. The first-order valence-corrected chi connectivity index (χ1v) is 7.12. The number of H-pyrrole nitrogens is 1. The van der Waals surface area contributed by atoms with Crippen molar-refractivity contribution in [3.8, 4) is 5.88 Å². The highest BCUT2D eigenvalue weighted by Gasteiger charge is 2.26. The Morgan fingerprint density at radius 2 is 1.76 bits per heavy atom. The molecule has 1 amide bonds. The fourth-order valence-corrected chi connectivity index (χ4v) is 2.34. The van der Waals surface area contributed by atoms with E-state index < -0.39 is 23.2 Å². The average molecular weight is 297 g/mol. The molecule has 7 heteroatoms. The smallest absolute Gasteiger partial charge is 0.331 e. The van der Waals surface area contributed by atoms with Crippen molar-refractivity contribution in [3.05, 3.63) is 26.4 Å². The Hall–Kier alpha value is -2.05. The molecular weight excluding hydrogens is 274 g/mol. The summed E-state index contributed by atoms with van der Waals surface area (Å²) in [7, 11) is 0. The summed E-state index contributed by atoms with van der Waals surface area (Å²) in [5, 5.41) is 10.2. The van der Waals surface area contributed by atoms with E-state index in [1.165, 1.54) is 6.92 Å². The van der Waals surface area contributed by atoms with Gasteiger partial charge >= 0.3 is 5.69 Å². The minimum absolute atomic E-state index is 0.105. The van der Waals surface area contributed by atoms with Crippen LogP contribution in [0.3, 0.4) is 0 Å². The number of likely N-dealkylation sites (N-methyl/N-ethyl adjacent to an activating group) is 1. The van der Waals surface area contributed by atoms with Gasteiger partial charge in [0.05, 0.1) is 5.56 Å². The van der Waals surface area contributed by atoms with Gasteiger partial charge in [0.1, 0.15) is 6.04 Å². The maximum atomic E-state index is 12.3. The highest BCUT2D eigenvalue weighted by atomic mass is 16.3. The van der Waals surface area contributed by atoms with Crippen molar-refractivity contribution >= 4 is 5.91 Å². The molecule has 1 atom stereocenters. The van der Waals surface area contributed by atoms with Crippen LogP contribution >= 0.6 is 0 Å². The molecule has 0 saturated carbocycles. The molecular formula is C14H23N3O4. The standard InChI is InChI=1S/C14H23N3O4/c1-6-16(7-2)12(19)9(5)17-13(20)10(8(3)4)11(18)15-14(17)21/h8-9,20H,6-7H2,1-5H3,(H,15,18,21). The second-order valence-corrected chi connectivity index (χ2v) is 5.21. The minimum Gasteiger partial charge on any atom is -0.494 e. The van der Waals surface area contributed by atoms with Gasteiger partial charge in [-0.2, -0.15) is 0 Å². The Morgan fingerprint density at radius 1 is 1.24 bits per heavy atom. The van der Waals surface area contributed by atoms with E-state index in [2.05, 4.69) is 4.98 Å². The zero-order valence-electron chi connectivity index (χ0n) is 13.1. The van der Waals surface area contributed by atoms with E-state index in [0.29, 0.717) is 13.1 Å². The van der Waals surface area contributed by atoms with Gasteiger partial charge in [0.25, 0.3) is 5.56 Å².